The highest BCUT2D eigenvalue weighted by Crippen LogP contribution is 2.26. The summed E-state index contributed by atoms with van der Waals surface area (Å²) in [6.45, 7) is 2.67. The monoisotopic (exact) mass is 236 g/mol. The lowest BCUT2D eigenvalue weighted by molar-refractivity contribution is -0.119. The summed E-state index contributed by atoms with van der Waals surface area (Å²) < 4.78 is 0. The molecule has 0 spiro atoms. The molecular weight excluding hydrogens is 220 g/mol. The molecule has 5 N–H and O–H groups in total. The van der Waals surface area contributed by atoms with Crippen LogP contribution in [0.1, 0.15) is 18.4 Å². The Bertz CT molecular complexity index is 435. The van der Waals surface area contributed by atoms with Crippen LogP contribution in [0.15, 0.2) is 6.20 Å². The second-order valence-corrected chi connectivity index (χ2v) is 4.10. The lowest BCUT2D eigenvalue weighted by atomic mass is 10.2. The first-order chi connectivity index (χ1) is 8.13. The minimum absolute atomic E-state index is 0.283. The summed E-state index contributed by atoms with van der Waals surface area (Å²) in [5.74, 6) is 6.01. The average molecular weight is 236 g/mol. The number of hydrazine groups is 1. The predicted molar refractivity (Wildman–Crippen MR) is 64.1 cm³/mol. The molecule has 1 unspecified atom stereocenters. The molecule has 1 fully saturated rings. The molecule has 92 valence electrons. The van der Waals surface area contributed by atoms with Crippen molar-refractivity contribution in [2.45, 2.75) is 25.8 Å². The molecule has 0 aliphatic carbocycles. The summed E-state index contributed by atoms with van der Waals surface area (Å²) in [6.07, 6.45) is 3.38. The van der Waals surface area contributed by atoms with Gasteiger partial charge in [0.25, 0.3) is 0 Å². The molecular formula is C10H16N6O. The fraction of sp³-hybridized carbons (Fsp3) is 0.500. The van der Waals surface area contributed by atoms with Gasteiger partial charge in [-0.3, -0.25) is 10.2 Å². The van der Waals surface area contributed by atoms with E-state index in [0.29, 0.717) is 11.8 Å². The maximum absolute atomic E-state index is 11.3. The first-order valence-electron chi connectivity index (χ1n) is 5.49. The van der Waals surface area contributed by atoms with E-state index in [4.69, 9.17) is 11.6 Å². The van der Waals surface area contributed by atoms with E-state index in [0.717, 1.165) is 24.9 Å². The van der Waals surface area contributed by atoms with E-state index < -0.39 is 0 Å². The van der Waals surface area contributed by atoms with E-state index in [-0.39, 0.29) is 11.9 Å². The Morgan fingerprint density at radius 3 is 3.06 bits per heavy atom. The van der Waals surface area contributed by atoms with E-state index in [1.807, 2.05) is 11.8 Å². The van der Waals surface area contributed by atoms with Crippen molar-refractivity contribution < 1.29 is 4.79 Å². The van der Waals surface area contributed by atoms with Crippen LogP contribution in [-0.2, 0) is 4.79 Å². The van der Waals surface area contributed by atoms with Crippen LogP contribution < -0.4 is 21.9 Å². The molecule has 1 aliphatic heterocycles. The first kappa shape index (κ1) is 11.6. The molecule has 1 aromatic heterocycles. The number of nitrogens with two attached hydrogens (primary N) is 2. The van der Waals surface area contributed by atoms with Crippen molar-refractivity contribution in [3.05, 3.63) is 11.8 Å². The van der Waals surface area contributed by atoms with Crippen molar-refractivity contribution in [2.24, 2.45) is 11.6 Å². The van der Waals surface area contributed by atoms with E-state index in [9.17, 15) is 4.79 Å². The number of rotatable bonds is 3. The second-order valence-electron chi connectivity index (χ2n) is 4.10. The number of carbonyl (C=O) groups is 1. The molecule has 0 radical (unpaired) electrons. The van der Waals surface area contributed by atoms with Crippen LogP contribution in [0.25, 0.3) is 0 Å². The average Bonchev–Trinajstić information content (AvgIpc) is 2.78. The zero-order valence-corrected chi connectivity index (χ0v) is 9.68. The number of hydrogen-bond donors (Lipinski definition) is 3. The topological polar surface area (TPSA) is 110 Å². The van der Waals surface area contributed by atoms with Crippen LogP contribution in [0.5, 0.6) is 0 Å². The zero-order valence-electron chi connectivity index (χ0n) is 9.68. The number of hydrogen-bond acceptors (Lipinski definition) is 6. The highest BCUT2D eigenvalue weighted by molar-refractivity contribution is 5.84. The van der Waals surface area contributed by atoms with Crippen LogP contribution in [-0.4, -0.2) is 28.5 Å². The fourth-order valence-electron chi connectivity index (χ4n) is 2.11. The standard InChI is InChI=1S/C10H16N6O/c1-6-5-13-10(15-12)14-9(6)16-4-2-3-7(16)8(11)17/h5,7H,2-4,12H2,1H3,(H2,11,17)(H,13,14,15). The zero-order chi connectivity index (χ0) is 12.4. The van der Waals surface area contributed by atoms with Crippen LogP contribution in [0.2, 0.25) is 0 Å². The third-order valence-corrected chi connectivity index (χ3v) is 2.93. The highest BCUT2D eigenvalue weighted by atomic mass is 16.1. The van der Waals surface area contributed by atoms with E-state index >= 15 is 0 Å². The summed E-state index contributed by atoms with van der Waals surface area (Å²) in [5.41, 5.74) is 8.68. The molecule has 1 saturated heterocycles. The smallest absolute Gasteiger partial charge is 0.240 e. The fourth-order valence-corrected chi connectivity index (χ4v) is 2.11. The Balaban J connectivity index is 2.35. The molecule has 1 amide bonds. The molecule has 0 aromatic carbocycles. The predicted octanol–water partition coefficient (Wildman–Crippen LogP) is -0.475. The van der Waals surface area contributed by atoms with Crippen LogP contribution in [0, 0.1) is 6.92 Å². The van der Waals surface area contributed by atoms with Crippen molar-refractivity contribution in [3.63, 3.8) is 0 Å². The summed E-state index contributed by atoms with van der Waals surface area (Å²) >= 11 is 0. The summed E-state index contributed by atoms with van der Waals surface area (Å²) in [5, 5.41) is 0. The van der Waals surface area contributed by atoms with Crippen LogP contribution in [0.3, 0.4) is 0 Å². The van der Waals surface area contributed by atoms with Gasteiger partial charge in [-0.2, -0.15) is 4.98 Å². The molecule has 1 aromatic rings. The maximum Gasteiger partial charge on any atom is 0.240 e. The van der Waals surface area contributed by atoms with Gasteiger partial charge in [-0.15, -0.1) is 0 Å². The number of nitrogens with one attached hydrogen (secondary N) is 1. The second kappa shape index (κ2) is 4.54. The van der Waals surface area contributed by atoms with Gasteiger partial charge < -0.3 is 10.6 Å². The molecule has 1 aliphatic rings. The van der Waals surface area contributed by atoms with Gasteiger partial charge in [0.05, 0.1) is 0 Å². The number of anilines is 2. The molecule has 1 atom stereocenters. The number of aryl methyl sites for hydroxylation is 1. The van der Waals surface area contributed by atoms with Gasteiger partial charge in [-0.25, -0.2) is 10.8 Å². The molecule has 0 bridgehead atoms. The van der Waals surface area contributed by atoms with Crippen LogP contribution >= 0.6 is 0 Å². The molecule has 2 heterocycles. The summed E-state index contributed by atoms with van der Waals surface area (Å²) in [6, 6.07) is -0.283. The maximum atomic E-state index is 11.3. The Labute approximate surface area is 99.2 Å². The number of amides is 1. The largest absolute Gasteiger partial charge is 0.368 e. The summed E-state index contributed by atoms with van der Waals surface area (Å²) in [4.78, 5) is 21.5. The Hall–Kier alpha value is -1.89. The Morgan fingerprint density at radius 1 is 1.65 bits per heavy atom. The number of nitrogen functional groups attached to an aromatic ring is 1. The van der Waals surface area contributed by atoms with Gasteiger partial charge >= 0.3 is 0 Å². The van der Waals surface area contributed by atoms with Gasteiger partial charge in [0.1, 0.15) is 11.9 Å². The lowest BCUT2D eigenvalue weighted by Gasteiger charge is -2.24. The molecule has 0 saturated carbocycles. The van der Waals surface area contributed by atoms with E-state index in [1.165, 1.54) is 0 Å². The van der Waals surface area contributed by atoms with Gasteiger partial charge in [0.2, 0.25) is 11.9 Å². The summed E-state index contributed by atoms with van der Waals surface area (Å²) in [7, 11) is 0. The van der Waals surface area contributed by atoms with Crippen molar-refractivity contribution in [3.8, 4) is 0 Å². The van der Waals surface area contributed by atoms with Crippen molar-refractivity contribution in [1.82, 2.24) is 9.97 Å². The van der Waals surface area contributed by atoms with Crippen molar-refractivity contribution in [2.75, 3.05) is 16.9 Å². The minimum Gasteiger partial charge on any atom is -0.368 e. The lowest BCUT2D eigenvalue weighted by Crippen LogP contribution is -2.41. The molecule has 7 nitrogen and oxygen atoms in total. The first-order valence-corrected chi connectivity index (χ1v) is 5.49. The third kappa shape index (κ3) is 2.14. The Kier molecular flexibility index (Phi) is 3.10. The SMILES string of the molecule is Cc1cnc(NN)nc1N1CCCC1C(N)=O. The molecule has 2 rings (SSSR count). The normalized spacial score (nSPS) is 19.4. The van der Waals surface area contributed by atoms with Crippen molar-refractivity contribution in [1.29, 1.82) is 0 Å². The third-order valence-electron chi connectivity index (χ3n) is 2.93. The Morgan fingerprint density at radius 2 is 2.41 bits per heavy atom. The quantitative estimate of drug-likeness (QED) is 0.483. The number of nitrogens with zero attached hydrogens (tertiary/aromatic N) is 3. The van der Waals surface area contributed by atoms with Crippen molar-refractivity contribution >= 4 is 17.7 Å². The number of aromatic nitrogens is 2. The van der Waals surface area contributed by atoms with E-state index in [1.54, 1.807) is 6.20 Å². The van der Waals surface area contributed by atoms with Gasteiger partial charge in [0, 0.05) is 18.3 Å². The molecule has 17 heavy (non-hydrogen) atoms. The minimum atomic E-state index is -0.317. The molecule has 7 heteroatoms. The van der Waals surface area contributed by atoms with Gasteiger partial charge in [-0.1, -0.05) is 0 Å². The number of primary amides is 1. The van der Waals surface area contributed by atoms with E-state index in [2.05, 4.69) is 15.4 Å². The highest BCUT2D eigenvalue weighted by Gasteiger charge is 2.31. The number of carbonyl (C=O) groups excluding carboxylic acids is 1. The van der Waals surface area contributed by atoms with Gasteiger partial charge in [0.15, 0.2) is 0 Å². The van der Waals surface area contributed by atoms with Gasteiger partial charge in [-0.05, 0) is 19.8 Å². The van der Waals surface area contributed by atoms with Crippen LogP contribution in [0.4, 0.5) is 11.8 Å².